The second-order valence-corrected chi connectivity index (χ2v) is 13.8. The van der Waals surface area contributed by atoms with Crippen LogP contribution in [0.1, 0.15) is 0 Å². The van der Waals surface area contributed by atoms with Gasteiger partial charge in [-0.05, 0) is 70.4 Å². The van der Waals surface area contributed by atoms with Gasteiger partial charge in [-0.1, -0.05) is 164 Å². The molecule has 0 aliphatic carbocycles. The lowest BCUT2D eigenvalue weighted by atomic mass is 9.90. The number of aromatic nitrogens is 2. The average Bonchev–Trinajstić information content (AvgIpc) is 3.27. The molecule has 0 radical (unpaired) electrons. The third-order valence-corrected chi connectivity index (χ3v) is 10.4. The Bertz CT molecular complexity index is 2850. The van der Waals surface area contributed by atoms with Gasteiger partial charge in [-0.25, -0.2) is 9.97 Å². The van der Waals surface area contributed by atoms with Crippen LogP contribution in [0.15, 0.2) is 212 Å². The molecule has 8 aromatic carbocycles. The Balaban J connectivity index is 1.23. The molecule has 10 rings (SSSR count). The first-order valence-electron chi connectivity index (χ1n) is 18.7. The van der Waals surface area contributed by atoms with Crippen LogP contribution in [0.3, 0.4) is 0 Å². The molecule has 3 heteroatoms. The van der Waals surface area contributed by atoms with Crippen LogP contribution in [0.4, 0.5) is 17.1 Å². The maximum atomic E-state index is 5.45. The Morgan fingerprint density at radius 3 is 1.40 bits per heavy atom. The molecule has 55 heavy (non-hydrogen) atoms. The van der Waals surface area contributed by atoms with E-state index in [1.807, 2.05) is 12.1 Å². The summed E-state index contributed by atoms with van der Waals surface area (Å²) in [5, 5.41) is 5.82. The Hall–Kier alpha value is -7.36. The maximum Gasteiger partial charge on any atom is 0.0788 e. The smallest absolute Gasteiger partial charge is 0.0788 e. The van der Waals surface area contributed by atoms with Gasteiger partial charge in [0.15, 0.2) is 0 Å². The number of pyridine rings is 2. The van der Waals surface area contributed by atoms with Crippen molar-refractivity contribution in [3.63, 3.8) is 0 Å². The maximum absolute atomic E-state index is 5.45. The number of fused-ring (bicyclic) bond motifs is 5. The Labute approximate surface area is 320 Å². The molecule has 3 nitrogen and oxygen atoms in total. The fourth-order valence-corrected chi connectivity index (χ4v) is 7.86. The van der Waals surface area contributed by atoms with E-state index in [2.05, 4.69) is 205 Å². The van der Waals surface area contributed by atoms with E-state index in [0.29, 0.717) is 0 Å². The number of nitrogens with zero attached hydrogens (tertiary/aromatic N) is 3. The van der Waals surface area contributed by atoms with Crippen molar-refractivity contribution in [3.8, 4) is 44.9 Å². The van der Waals surface area contributed by atoms with Crippen molar-refractivity contribution in [1.82, 2.24) is 9.97 Å². The monoisotopic (exact) mass is 701 g/mol. The molecule has 258 valence electrons. The average molecular weight is 702 g/mol. The number of para-hydroxylation sites is 2. The summed E-state index contributed by atoms with van der Waals surface area (Å²) < 4.78 is 0. The van der Waals surface area contributed by atoms with Gasteiger partial charge in [0.25, 0.3) is 0 Å². The van der Waals surface area contributed by atoms with Crippen LogP contribution in [0.25, 0.3) is 77.3 Å². The second kappa shape index (κ2) is 13.9. The highest BCUT2D eigenvalue weighted by molar-refractivity contribution is 6.24. The third kappa shape index (κ3) is 5.98. The van der Waals surface area contributed by atoms with Crippen molar-refractivity contribution < 1.29 is 0 Å². The van der Waals surface area contributed by atoms with Crippen LogP contribution in [0.2, 0.25) is 0 Å². The van der Waals surface area contributed by atoms with E-state index < -0.39 is 0 Å². The Kier molecular flexibility index (Phi) is 8.16. The highest BCUT2D eigenvalue weighted by Crippen LogP contribution is 2.43. The van der Waals surface area contributed by atoms with Crippen LogP contribution < -0.4 is 4.90 Å². The third-order valence-electron chi connectivity index (χ3n) is 10.4. The SMILES string of the molecule is c1ccc(-c2cc(-c3cccc4c3ccc3c(-c5ccccc5)nc5cc(N(c6ccccc6)c6ccccc6)ccc5c34)cc(-c3ccccc3)n2)cc1. The molecule has 0 unspecified atom stereocenters. The zero-order chi connectivity index (χ0) is 36.6. The lowest BCUT2D eigenvalue weighted by molar-refractivity contribution is 1.28. The summed E-state index contributed by atoms with van der Waals surface area (Å²) in [6, 6.07) is 75.0. The van der Waals surface area contributed by atoms with Gasteiger partial charge in [-0.15, -0.1) is 0 Å². The first-order chi connectivity index (χ1) is 27.3. The predicted molar refractivity (Wildman–Crippen MR) is 231 cm³/mol. The molecule has 0 N–H and O–H groups in total. The van der Waals surface area contributed by atoms with E-state index >= 15 is 0 Å². The van der Waals surface area contributed by atoms with Gasteiger partial charge < -0.3 is 4.90 Å². The number of benzene rings is 8. The van der Waals surface area contributed by atoms with Crippen molar-refractivity contribution >= 4 is 49.5 Å². The van der Waals surface area contributed by atoms with Crippen LogP contribution in [0.5, 0.6) is 0 Å². The van der Waals surface area contributed by atoms with E-state index in [9.17, 15) is 0 Å². The van der Waals surface area contributed by atoms with Crippen molar-refractivity contribution in [1.29, 1.82) is 0 Å². The van der Waals surface area contributed by atoms with Crippen LogP contribution in [0, 0.1) is 0 Å². The Morgan fingerprint density at radius 1 is 0.309 bits per heavy atom. The van der Waals surface area contributed by atoms with Crippen molar-refractivity contribution in [2.75, 3.05) is 4.90 Å². The first kappa shape index (κ1) is 32.3. The zero-order valence-electron chi connectivity index (χ0n) is 30.0. The van der Waals surface area contributed by atoms with Gasteiger partial charge in [-0.2, -0.15) is 0 Å². The number of hydrogen-bond donors (Lipinski definition) is 0. The van der Waals surface area contributed by atoms with Gasteiger partial charge in [0, 0.05) is 49.9 Å². The van der Waals surface area contributed by atoms with Crippen LogP contribution >= 0.6 is 0 Å². The molecular weight excluding hydrogens is 667 g/mol. The molecule has 0 atom stereocenters. The van der Waals surface area contributed by atoms with Crippen LogP contribution in [-0.4, -0.2) is 9.97 Å². The highest BCUT2D eigenvalue weighted by Gasteiger charge is 2.19. The van der Waals surface area contributed by atoms with Gasteiger partial charge in [-0.3, -0.25) is 0 Å². The minimum absolute atomic E-state index is 0.945. The summed E-state index contributed by atoms with van der Waals surface area (Å²) in [5.74, 6) is 0. The minimum atomic E-state index is 0.945. The molecule has 2 aromatic heterocycles. The zero-order valence-corrected chi connectivity index (χ0v) is 30.0. The standard InChI is InChI=1S/C52H35N3/c1-6-17-36(18-7-1)48-33-39(34-49(53-48)37-19-8-2-9-20-37)43-27-16-28-45-44(43)31-32-47-51(45)46-30-29-42(35-50(46)54-52(47)38-21-10-3-11-22-38)55(40-23-12-4-13-24-40)41-25-14-5-15-26-41/h1-35H. The van der Waals surface area contributed by atoms with Gasteiger partial charge >= 0.3 is 0 Å². The molecule has 0 fully saturated rings. The number of rotatable bonds is 7. The second-order valence-electron chi connectivity index (χ2n) is 13.8. The van der Waals surface area contributed by atoms with Gasteiger partial charge in [0.2, 0.25) is 0 Å². The van der Waals surface area contributed by atoms with Gasteiger partial charge in [0.1, 0.15) is 0 Å². The normalized spacial score (nSPS) is 11.3. The molecule has 0 aliphatic rings. The molecule has 0 bridgehead atoms. The quantitative estimate of drug-likeness (QED) is 0.155. The van der Waals surface area contributed by atoms with E-state index in [0.717, 1.165) is 72.7 Å². The molecular formula is C52H35N3. The minimum Gasteiger partial charge on any atom is -0.310 e. The largest absolute Gasteiger partial charge is 0.310 e. The lowest BCUT2D eigenvalue weighted by Gasteiger charge is -2.26. The van der Waals surface area contributed by atoms with E-state index in [1.165, 1.54) is 21.7 Å². The summed E-state index contributed by atoms with van der Waals surface area (Å²) in [7, 11) is 0. The summed E-state index contributed by atoms with van der Waals surface area (Å²) in [5.41, 5.74) is 12.6. The fraction of sp³-hybridized carbons (Fsp3) is 0. The van der Waals surface area contributed by atoms with Crippen molar-refractivity contribution in [2.24, 2.45) is 0 Å². The van der Waals surface area contributed by atoms with E-state index in [4.69, 9.17) is 9.97 Å². The summed E-state index contributed by atoms with van der Waals surface area (Å²) >= 11 is 0. The summed E-state index contributed by atoms with van der Waals surface area (Å²) in [4.78, 5) is 12.9. The summed E-state index contributed by atoms with van der Waals surface area (Å²) in [6.45, 7) is 0. The Morgan fingerprint density at radius 2 is 0.818 bits per heavy atom. The molecule has 0 amide bonds. The molecule has 10 aromatic rings. The summed E-state index contributed by atoms with van der Waals surface area (Å²) in [6.07, 6.45) is 0. The van der Waals surface area contributed by atoms with Crippen LogP contribution in [-0.2, 0) is 0 Å². The molecule has 2 heterocycles. The highest BCUT2D eigenvalue weighted by atomic mass is 15.1. The fourth-order valence-electron chi connectivity index (χ4n) is 7.86. The lowest BCUT2D eigenvalue weighted by Crippen LogP contribution is -2.09. The first-order valence-corrected chi connectivity index (χ1v) is 18.7. The molecule has 0 saturated heterocycles. The van der Waals surface area contributed by atoms with Gasteiger partial charge in [0.05, 0.1) is 22.6 Å². The number of hydrogen-bond acceptors (Lipinski definition) is 3. The van der Waals surface area contributed by atoms with Crippen molar-refractivity contribution in [3.05, 3.63) is 212 Å². The van der Waals surface area contributed by atoms with Crippen molar-refractivity contribution in [2.45, 2.75) is 0 Å². The molecule has 0 spiro atoms. The number of anilines is 3. The van der Waals surface area contributed by atoms with E-state index in [1.54, 1.807) is 0 Å². The van der Waals surface area contributed by atoms with E-state index in [-0.39, 0.29) is 0 Å². The predicted octanol–water partition coefficient (Wildman–Crippen LogP) is 14.1. The topological polar surface area (TPSA) is 29.0 Å². The molecule has 0 saturated carbocycles. The molecule has 0 aliphatic heterocycles.